The molecule has 0 amide bonds. The third kappa shape index (κ3) is 3.54. The quantitative estimate of drug-likeness (QED) is 0.531. The van der Waals surface area contributed by atoms with Crippen molar-refractivity contribution in [3.05, 3.63) is 102 Å². The summed E-state index contributed by atoms with van der Waals surface area (Å²) in [5, 5.41) is 11.9. The molecule has 1 N–H and O–H groups in total. The molecule has 0 bridgehead atoms. The average Bonchev–Trinajstić information content (AvgIpc) is 2.74. The Labute approximate surface area is 159 Å². The van der Waals surface area contributed by atoms with Crippen LogP contribution in [0.1, 0.15) is 35.2 Å². The number of hydrogen-bond acceptors (Lipinski definition) is 3. The highest BCUT2D eigenvalue weighted by atomic mass is 16.3. The maximum atomic E-state index is 11.0. The van der Waals surface area contributed by atoms with Crippen molar-refractivity contribution in [2.75, 3.05) is 0 Å². The summed E-state index contributed by atoms with van der Waals surface area (Å²) < 4.78 is 0. The first kappa shape index (κ1) is 17.2. The van der Waals surface area contributed by atoms with E-state index in [1.165, 1.54) is 11.1 Å². The van der Waals surface area contributed by atoms with Gasteiger partial charge in [-0.15, -0.1) is 0 Å². The van der Waals surface area contributed by atoms with E-state index in [-0.39, 0.29) is 11.7 Å². The summed E-state index contributed by atoms with van der Waals surface area (Å²) in [7, 11) is 0. The highest BCUT2D eigenvalue weighted by Crippen LogP contribution is 2.37. The number of benzene rings is 2. The molecule has 0 saturated carbocycles. The van der Waals surface area contributed by atoms with Crippen LogP contribution in [0.25, 0.3) is 10.9 Å². The van der Waals surface area contributed by atoms with Crippen molar-refractivity contribution >= 4 is 10.9 Å². The van der Waals surface area contributed by atoms with Crippen LogP contribution in [0.3, 0.4) is 0 Å². The molecule has 1 atom stereocenters. The topological polar surface area (TPSA) is 46.0 Å². The van der Waals surface area contributed by atoms with Gasteiger partial charge in [0.25, 0.3) is 0 Å². The highest BCUT2D eigenvalue weighted by molar-refractivity contribution is 5.85. The van der Waals surface area contributed by atoms with E-state index in [1.54, 1.807) is 6.20 Å². The molecule has 2 heterocycles. The largest absolute Gasteiger partial charge is 0.505 e. The predicted octanol–water partition coefficient (Wildman–Crippen LogP) is 5.27. The zero-order valence-corrected chi connectivity index (χ0v) is 15.3. The molecular formula is C24H22N2O. The van der Waals surface area contributed by atoms with Gasteiger partial charge in [-0.3, -0.25) is 9.97 Å². The normalized spacial score (nSPS) is 12.2. The summed E-state index contributed by atoms with van der Waals surface area (Å²) in [6.45, 7) is 2.15. The second-order valence-corrected chi connectivity index (χ2v) is 6.75. The van der Waals surface area contributed by atoms with Gasteiger partial charge < -0.3 is 5.11 Å². The second kappa shape index (κ2) is 7.58. The smallest absolute Gasteiger partial charge is 0.145 e. The van der Waals surface area contributed by atoms with Crippen LogP contribution in [-0.4, -0.2) is 15.1 Å². The maximum absolute atomic E-state index is 11.0. The van der Waals surface area contributed by atoms with Crippen LogP contribution in [-0.2, 0) is 12.8 Å². The number of pyridine rings is 2. The van der Waals surface area contributed by atoms with E-state index >= 15 is 0 Å². The molecule has 0 aliphatic carbocycles. The van der Waals surface area contributed by atoms with Gasteiger partial charge in [0.1, 0.15) is 11.3 Å². The Bertz CT molecular complexity index is 1040. The van der Waals surface area contributed by atoms with Crippen LogP contribution in [0.15, 0.2) is 79.1 Å². The predicted molar refractivity (Wildman–Crippen MR) is 109 cm³/mol. The van der Waals surface area contributed by atoms with Crippen LogP contribution >= 0.6 is 0 Å². The molecule has 3 nitrogen and oxygen atoms in total. The molecule has 134 valence electrons. The van der Waals surface area contributed by atoms with Crippen molar-refractivity contribution in [2.24, 2.45) is 0 Å². The van der Waals surface area contributed by atoms with E-state index in [1.807, 2.05) is 48.7 Å². The van der Waals surface area contributed by atoms with Crippen molar-refractivity contribution in [3.63, 3.8) is 0 Å². The zero-order valence-electron chi connectivity index (χ0n) is 15.3. The fourth-order valence-corrected chi connectivity index (χ4v) is 3.55. The van der Waals surface area contributed by atoms with E-state index in [4.69, 9.17) is 0 Å². The molecule has 0 saturated heterocycles. The average molecular weight is 354 g/mol. The minimum Gasteiger partial charge on any atom is -0.505 e. The van der Waals surface area contributed by atoms with Crippen molar-refractivity contribution in [2.45, 2.75) is 25.7 Å². The van der Waals surface area contributed by atoms with Crippen LogP contribution in [0.5, 0.6) is 5.75 Å². The standard InChI is InChI=1S/C24H22N2O/c1-2-17-8-10-18(11-9-17)22(16-20-7-3-4-14-25-20)21-13-12-19-6-5-15-26-23(19)24(21)27/h3-15,22,27H,2,16H2,1H3. The van der Waals surface area contributed by atoms with Crippen LogP contribution < -0.4 is 0 Å². The Balaban J connectivity index is 1.83. The third-order valence-electron chi connectivity index (χ3n) is 5.08. The molecule has 27 heavy (non-hydrogen) atoms. The second-order valence-electron chi connectivity index (χ2n) is 6.75. The Morgan fingerprint density at radius 2 is 1.67 bits per heavy atom. The number of rotatable bonds is 5. The third-order valence-corrected chi connectivity index (χ3v) is 5.08. The minimum absolute atomic E-state index is 0.0113. The van der Waals surface area contributed by atoms with Crippen LogP contribution in [0.2, 0.25) is 0 Å². The Hall–Kier alpha value is -3.20. The van der Waals surface area contributed by atoms with Gasteiger partial charge in [-0.05, 0) is 35.7 Å². The molecule has 0 fully saturated rings. The van der Waals surface area contributed by atoms with E-state index in [0.717, 1.165) is 29.5 Å². The molecule has 0 aliphatic heterocycles. The van der Waals surface area contributed by atoms with E-state index in [0.29, 0.717) is 5.52 Å². The molecule has 2 aromatic heterocycles. The Morgan fingerprint density at radius 3 is 2.41 bits per heavy atom. The summed E-state index contributed by atoms with van der Waals surface area (Å²) in [6, 6.07) is 22.5. The number of fused-ring (bicyclic) bond motifs is 1. The zero-order chi connectivity index (χ0) is 18.6. The number of aromatic hydroxyl groups is 1. The van der Waals surface area contributed by atoms with Crippen molar-refractivity contribution in [1.82, 2.24) is 9.97 Å². The number of hydrogen-bond donors (Lipinski definition) is 1. The summed E-state index contributed by atoms with van der Waals surface area (Å²) in [6.07, 6.45) is 5.26. The van der Waals surface area contributed by atoms with Gasteiger partial charge >= 0.3 is 0 Å². The first-order chi connectivity index (χ1) is 13.3. The fourth-order valence-electron chi connectivity index (χ4n) is 3.55. The number of aryl methyl sites for hydroxylation is 1. The molecule has 0 aliphatic rings. The summed E-state index contributed by atoms with van der Waals surface area (Å²) in [5.41, 5.74) is 5.01. The van der Waals surface area contributed by atoms with Gasteiger partial charge in [0.15, 0.2) is 0 Å². The lowest BCUT2D eigenvalue weighted by Gasteiger charge is -2.20. The van der Waals surface area contributed by atoms with Gasteiger partial charge in [-0.25, -0.2) is 0 Å². The van der Waals surface area contributed by atoms with E-state index < -0.39 is 0 Å². The molecule has 0 radical (unpaired) electrons. The molecule has 1 unspecified atom stereocenters. The van der Waals surface area contributed by atoms with E-state index in [9.17, 15) is 5.11 Å². The highest BCUT2D eigenvalue weighted by Gasteiger charge is 2.21. The van der Waals surface area contributed by atoms with Gasteiger partial charge in [0.2, 0.25) is 0 Å². The summed E-state index contributed by atoms with van der Waals surface area (Å²) >= 11 is 0. The molecule has 0 spiro atoms. The van der Waals surface area contributed by atoms with Gasteiger partial charge in [0.05, 0.1) is 0 Å². The van der Waals surface area contributed by atoms with Gasteiger partial charge in [-0.2, -0.15) is 0 Å². The Morgan fingerprint density at radius 1 is 0.852 bits per heavy atom. The van der Waals surface area contributed by atoms with Gasteiger partial charge in [0, 0.05) is 41.4 Å². The lowest BCUT2D eigenvalue weighted by Crippen LogP contribution is -2.07. The van der Waals surface area contributed by atoms with Crippen LogP contribution in [0, 0.1) is 0 Å². The molecule has 4 aromatic rings. The molecule has 3 heteroatoms. The summed E-state index contributed by atoms with van der Waals surface area (Å²) in [4.78, 5) is 8.88. The van der Waals surface area contributed by atoms with Crippen molar-refractivity contribution < 1.29 is 5.11 Å². The lowest BCUT2D eigenvalue weighted by molar-refractivity contribution is 0.469. The van der Waals surface area contributed by atoms with Crippen LogP contribution in [0.4, 0.5) is 0 Å². The number of phenols is 1. The van der Waals surface area contributed by atoms with Crippen molar-refractivity contribution in [3.8, 4) is 5.75 Å². The number of aromatic nitrogens is 2. The molecular weight excluding hydrogens is 332 g/mol. The Kier molecular flexibility index (Phi) is 4.84. The summed E-state index contributed by atoms with van der Waals surface area (Å²) in [5.74, 6) is 0.269. The number of phenolic OH excluding ortho intramolecular Hbond substituents is 1. The molecule has 4 rings (SSSR count). The SMILES string of the molecule is CCc1ccc(C(Cc2ccccn2)c2ccc3cccnc3c2O)cc1. The number of nitrogens with zero attached hydrogens (tertiary/aromatic N) is 2. The molecule has 2 aromatic carbocycles. The first-order valence-corrected chi connectivity index (χ1v) is 9.31. The van der Waals surface area contributed by atoms with Crippen molar-refractivity contribution in [1.29, 1.82) is 0 Å². The minimum atomic E-state index is 0.0113. The fraction of sp³-hybridized carbons (Fsp3) is 0.167. The maximum Gasteiger partial charge on any atom is 0.145 e. The lowest BCUT2D eigenvalue weighted by atomic mass is 9.85. The van der Waals surface area contributed by atoms with Gasteiger partial charge in [-0.1, -0.05) is 55.5 Å². The monoisotopic (exact) mass is 354 g/mol. The van der Waals surface area contributed by atoms with E-state index in [2.05, 4.69) is 41.2 Å². The first-order valence-electron chi connectivity index (χ1n) is 9.31.